The van der Waals surface area contributed by atoms with Crippen molar-refractivity contribution in [2.24, 2.45) is 0 Å². The van der Waals surface area contributed by atoms with Crippen LogP contribution in [0.15, 0.2) is 48.9 Å². The van der Waals surface area contributed by atoms with Crippen LogP contribution >= 0.6 is 0 Å². The molecule has 1 amide bonds. The molecule has 5 heteroatoms. The predicted octanol–water partition coefficient (Wildman–Crippen LogP) is 2.30. The summed E-state index contributed by atoms with van der Waals surface area (Å²) >= 11 is 0. The van der Waals surface area contributed by atoms with Crippen LogP contribution in [0.2, 0.25) is 0 Å². The summed E-state index contributed by atoms with van der Waals surface area (Å²) in [5.41, 5.74) is 3.68. The fourth-order valence-electron chi connectivity index (χ4n) is 3.38. The van der Waals surface area contributed by atoms with Gasteiger partial charge in [-0.05, 0) is 17.2 Å². The quantitative estimate of drug-likeness (QED) is 0.788. The fraction of sp³-hybridized carbons (Fsp3) is 0.235. The van der Waals surface area contributed by atoms with Crippen molar-refractivity contribution in [2.75, 3.05) is 13.6 Å². The summed E-state index contributed by atoms with van der Waals surface area (Å²) in [6, 6.07) is 12.2. The predicted molar refractivity (Wildman–Crippen MR) is 83.4 cm³/mol. The molecule has 1 aliphatic rings. The highest BCUT2D eigenvalue weighted by Gasteiger charge is 2.41. The van der Waals surface area contributed by atoms with Crippen molar-refractivity contribution in [3.8, 4) is 0 Å². The highest BCUT2D eigenvalue weighted by molar-refractivity contribution is 5.91. The Hall–Kier alpha value is -2.69. The first-order chi connectivity index (χ1) is 10.8. The van der Waals surface area contributed by atoms with Crippen LogP contribution in [0.5, 0.6) is 0 Å². The number of hydrogen-bond donors (Lipinski definition) is 1. The zero-order chi connectivity index (χ0) is 15.1. The van der Waals surface area contributed by atoms with Gasteiger partial charge >= 0.3 is 0 Å². The molecule has 1 fully saturated rings. The maximum absolute atomic E-state index is 12.7. The number of likely N-dealkylation sites (N-methyl/N-ethyl adjacent to an activating group) is 1. The topological polar surface area (TPSA) is 61.9 Å². The van der Waals surface area contributed by atoms with E-state index in [0.29, 0.717) is 5.65 Å². The summed E-state index contributed by atoms with van der Waals surface area (Å²) in [5.74, 6) is 0.0990. The average Bonchev–Trinajstić information content (AvgIpc) is 3.14. The monoisotopic (exact) mass is 292 g/mol. The molecule has 0 spiro atoms. The number of aromatic amines is 1. The van der Waals surface area contributed by atoms with Crippen LogP contribution in [0.1, 0.15) is 23.0 Å². The molecule has 1 aromatic carbocycles. The number of imidazole rings is 1. The third kappa shape index (κ3) is 1.89. The molecule has 1 saturated heterocycles. The van der Waals surface area contributed by atoms with Gasteiger partial charge in [0.2, 0.25) is 5.91 Å². The zero-order valence-corrected chi connectivity index (χ0v) is 12.2. The summed E-state index contributed by atoms with van der Waals surface area (Å²) in [4.78, 5) is 26.1. The van der Waals surface area contributed by atoms with Crippen molar-refractivity contribution in [3.05, 3.63) is 60.0 Å². The van der Waals surface area contributed by atoms with Crippen molar-refractivity contribution < 1.29 is 4.79 Å². The van der Waals surface area contributed by atoms with Crippen LogP contribution < -0.4 is 0 Å². The summed E-state index contributed by atoms with van der Waals surface area (Å²) < 4.78 is 0. The van der Waals surface area contributed by atoms with Gasteiger partial charge in [-0.3, -0.25) is 4.79 Å². The number of amides is 1. The van der Waals surface area contributed by atoms with Crippen LogP contribution in [-0.4, -0.2) is 39.4 Å². The van der Waals surface area contributed by atoms with Gasteiger partial charge in [0.1, 0.15) is 0 Å². The normalized spacial score (nSPS) is 21.7. The number of carbonyl (C=O) groups excluding carboxylic acids is 1. The Balaban J connectivity index is 1.87. The molecule has 0 bridgehead atoms. The lowest BCUT2D eigenvalue weighted by atomic mass is 9.83. The van der Waals surface area contributed by atoms with Gasteiger partial charge in [0.25, 0.3) is 0 Å². The Morgan fingerprint density at radius 3 is 2.82 bits per heavy atom. The highest BCUT2D eigenvalue weighted by Crippen LogP contribution is 2.41. The van der Waals surface area contributed by atoms with E-state index in [4.69, 9.17) is 0 Å². The number of nitrogens with zero attached hydrogens (tertiary/aromatic N) is 3. The van der Waals surface area contributed by atoms with Crippen molar-refractivity contribution in [2.45, 2.75) is 11.8 Å². The third-order valence-electron chi connectivity index (χ3n) is 4.44. The number of pyridine rings is 1. The molecule has 0 radical (unpaired) electrons. The Morgan fingerprint density at radius 1 is 1.18 bits per heavy atom. The molecule has 22 heavy (non-hydrogen) atoms. The van der Waals surface area contributed by atoms with E-state index >= 15 is 0 Å². The number of fused-ring (bicyclic) bond motifs is 1. The van der Waals surface area contributed by atoms with Crippen molar-refractivity contribution in [3.63, 3.8) is 0 Å². The maximum atomic E-state index is 12.7. The van der Waals surface area contributed by atoms with E-state index in [2.05, 4.69) is 27.1 Å². The first-order valence-electron chi connectivity index (χ1n) is 7.33. The number of carbonyl (C=O) groups is 1. The Kier molecular flexibility index (Phi) is 2.92. The molecule has 3 heterocycles. The first-order valence-corrected chi connectivity index (χ1v) is 7.33. The maximum Gasteiger partial charge on any atom is 0.230 e. The summed E-state index contributed by atoms with van der Waals surface area (Å²) in [5, 5.41) is 0. The average molecular weight is 292 g/mol. The number of H-pyrrole nitrogens is 1. The van der Waals surface area contributed by atoms with Gasteiger partial charge in [0, 0.05) is 25.7 Å². The molecule has 1 aliphatic heterocycles. The lowest BCUT2D eigenvalue weighted by molar-refractivity contribution is -0.127. The van der Waals surface area contributed by atoms with Crippen molar-refractivity contribution in [1.82, 2.24) is 19.9 Å². The van der Waals surface area contributed by atoms with Crippen LogP contribution in [0, 0.1) is 0 Å². The van der Waals surface area contributed by atoms with Crippen LogP contribution in [-0.2, 0) is 4.79 Å². The minimum atomic E-state index is -0.196. The number of benzene rings is 1. The lowest BCUT2D eigenvalue weighted by Crippen LogP contribution is -2.21. The van der Waals surface area contributed by atoms with E-state index in [9.17, 15) is 4.79 Å². The highest BCUT2D eigenvalue weighted by atomic mass is 16.2. The number of nitrogens with one attached hydrogen (secondary N) is 1. The second-order valence-corrected chi connectivity index (χ2v) is 5.71. The van der Waals surface area contributed by atoms with E-state index in [1.165, 1.54) is 5.56 Å². The van der Waals surface area contributed by atoms with Crippen molar-refractivity contribution in [1.29, 1.82) is 0 Å². The van der Waals surface area contributed by atoms with Gasteiger partial charge in [-0.25, -0.2) is 9.97 Å². The Morgan fingerprint density at radius 2 is 2.00 bits per heavy atom. The molecule has 3 aromatic rings. The molecule has 2 aromatic heterocycles. The van der Waals surface area contributed by atoms with Gasteiger partial charge in [0.05, 0.1) is 17.8 Å². The second-order valence-electron chi connectivity index (χ2n) is 5.71. The molecule has 0 saturated carbocycles. The second kappa shape index (κ2) is 4.94. The van der Waals surface area contributed by atoms with Gasteiger partial charge in [0.15, 0.2) is 5.65 Å². The Bertz CT molecular complexity index is 827. The largest absolute Gasteiger partial charge is 0.345 e. The fourth-order valence-corrected chi connectivity index (χ4v) is 3.38. The molecule has 2 unspecified atom stereocenters. The lowest BCUT2D eigenvalue weighted by Gasteiger charge is -2.17. The summed E-state index contributed by atoms with van der Waals surface area (Å²) in [6.45, 7) is 0.728. The molecule has 110 valence electrons. The number of rotatable bonds is 2. The number of likely N-dealkylation sites (tertiary alicyclic amines) is 1. The molecule has 4 rings (SSSR count). The first kappa shape index (κ1) is 13.0. The smallest absolute Gasteiger partial charge is 0.230 e. The number of hydrogen-bond acceptors (Lipinski definition) is 3. The standard InChI is InChI=1S/C17H16N4O/c1-21-9-13(11-5-3-2-4-6-11)14(17(21)22)12-7-8-18-16-15(12)19-10-20-16/h2-8,10,13-14H,9H2,1H3,(H,18,19,20). The summed E-state index contributed by atoms with van der Waals surface area (Å²) in [7, 11) is 1.86. The van der Waals surface area contributed by atoms with Crippen LogP contribution in [0.3, 0.4) is 0 Å². The molecule has 2 atom stereocenters. The minimum absolute atomic E-state index is 0.146. The molecular weight excluding hydrogens is 276 g/mol. The van der Waals surface area contributed by atoms with Gasteiger partial charge in [-0.15, -0.1) is 0 Å². The molecule has 5 nitrogen and oxygen atoms in total. The van der Waals surface area contributed by atoms with E-state index in [-0.39, 0.29) is 17.7 Å². The summed E-state index contributed by atoms with van der Waals surface area (Å²) in [6.07, 6.45) is 3.36. The van der Waals surface area contributed by atoms with E-state index in [0.717, 1.165) is 17.6 Å². The Labute approximate surface area is 128 Å². The van der Waals surface area contributed by atoms with E-state index in [1.54, 1.807) is 12.5 Å². The number of aromatic nitrogens is 3. The van der Waals surface area contributed by atoms with E-state index in [1.807, 2.05) is 36.2 Å². The van der Waals surface area contributed by atoms with Gasteiger partial charge < -0.3 is 9.88 Å². The van der Waals surface area contributed by atoms with Gasteiger partial charge in [-0.1, -0.05) is 30.3 Å². The molecule has 1 N–H and O–H groups in total. The van der Waals surface area contributed by atoms with Gasteiger partial charge in [-0.2, -0.15) is 0 Å². The minimum Gasteiger partial charge on any atom is -0.345 e. The third-order valence-corrected chi connectivity index (χ3v) is 4.44. The van der Waals surface area contributed by atoms with Crippen molar-refractivity contribution >= 4 is 17.1 Å². The van der Waals surface area contributed by atoms with Crippen LogP contribution in [0.4, 0.5) is 0 Å². The molecule has 0 aliphatic carbocycles. The SMILES string of the molecule is CN1CC(c2ccccc2)C(c2ccnc3nc[nH]c23)C1=O. The van der Waals surface area contributed by atoms with E-state index < -0.39 is 0 Å². The van der Waals surface area contributed by atoms with Crippen LogP contribution in [0.25, 0.3) is 11.2 Å². The zero-order valence-electron chi connectivity index (χ0n) is 12.2. The molecular formula is C17H16N4O.